The third-order valence-corrected chi connectivity index (χ3v) is 8.41. The lowest BCUT2D eigenvalue weighted by Crippen LogP contribution is -2.31. The molecule has 0 N–H and O–H groups in total. The first-order valence-electron chi connectivity index (χ1n) is 11.7. The highest BCUT2D eigenvalue weighted by Crippen LogP contribution is 2.36. The molecule has 8 heteroatoms. The Bertz CT molecular complexity index is 1310. The number of benzene rings is 3. The van der Waals surface area contributed by atoms with Crippen LogP contribution in [0.2, 0.25) is 0 Å². The molecule has 1 amide bonds. The van der Waals surface area contributed by atoms with Gasteiger partial charge in [0.15, 0.2) is 6.61 Å². The molecule has 2 heterocycles. The van der Waals surface area contributed by atoms with Gasteiger partial charge in [-0.25, -0.2) is 13.2 Å². The number of carbonyl (C=O) groups is 2. The molecular formula is C27H26N2O5S. The van der Waals surface area contributed by atoms with Crippen molar-refractivity contribution >= 4 is 33.3 Å². The summed E-state index contributed by atoms with van der Waals surface area (Å²) in [6.45, 7) is 0.587. The molecule has 2 aliphatic rings. The molecule has 1 fully saturated rings. The molecule has 3 aromatic rings. The fraction of sp³-hybridized carbons (Fsp3) is 0.259. The topological polar surface area (TPSA) is 84.0 Å². The average Bonchev–Trinajstić information content (AvgIpc) is 3.38. The molecule has 0 saturated carbocycles. The summed E-state index contributed by atoms with van der Waals surface area (Å²) in [7, 11) is -3.56. The van der Waals surface area contributed by atoms with Crippen LogP contribution < -0.4 is 4.90 Å². The fourth-order valence-electron chi connectivity index (χ4n) is 4.66. The van der Waals surface area contributed by atoms with E-state index in [4.69, 9.17) is 4.74 Å². The highest BCUT2D eigenvalue weighted by atomic mass is 32.2. The summed E-state index contributed by atoms with van der Waals surface area (Å²) in [5.41, 5.74) is 3.87. The smallest absolute Gasteiger partial charge is 0.338 e. The number of carbonyl (C=O) groups excluding carboxylic acids is 2. The van der Waals surface area contributed by atoms with Crippen molar-refractivity contribution < 1.29 is 22.7 Å². The number of rotatable bonds is 5. The number of nitrogens with zero attached hydrogens (tertiary/aromatic N) is 2. The molecule has 0 radical (unpaired) electrons. The van der Waals surface area contributed by atoms with Crippen LogP contribution in [0, 0.1) is 0 Å². The average molecular weight is 491 g/mol. The lowest BCUT2D eigenvalue weighted by atomic mass is 10.0. The van der Waals surface area contributed by atoms with Crippen LogP contribution in [0.5, 0.6) is 0 Å². The number of esters is 1. The number of fused-ring (bicyclic) bond motifs is 2. The summed E-state index contributed by atoms with van der Waals surface area (Å²) in [6.07, 6.45) is 3.32. The highest BCUT2D eigenvalue weighted by Gasteiger charge is 2.28. The summed E-state index contributed by atoms with van der Waals surface area (Å²) in [5.74, 6) is -1.03. The molecule has 0 bridgehead atoms. The van der Waals surface area contributed by atoms with Gasteiger partial charge in [0.05, 0.1) is 21.8 Å². The number of ether oxygens (including phenoxy) is 1. The molecule has 1 saturated heterocycles. The first kappa shape index (κ1) is 23.3. The Kier molecular flexibility index (Phi) is 6.40. The SMILES string of the molecule is O=C(OCC(=O)N1c2ccccc2CCc2ccccc21)c1ccc(S(=O)(=O)N2CCCC2)cc1. The number of amides is 1. The predicted molar refractivity (Wildman–Crippen MR) is 132 cm³/mol. The molecular weight excluding hydrogens is 464 g/mol. The van der Waals surface area contributed by atoms with E-state index >= 15 is 0 Å². The first-order chi connectivity index (χ1) is 16.9. The molecule has 0 aromatic heterocycles. The zero-order chi connectivity index (χ0) is 24.4. The Morgan fingerprint density at radius 3 is 1.89 bits per heavy atom. The van der Waals surface area contributed by atoms with Crippen molar-refractivity contribution in [1.82, 2.24) is 4.31 Å². The molecule has 7 nitrogen and oxygen atoms in total. The lowest BCUT2D eigenvalue weighted by molar-refractivity contribution is -0.120. The van der Waals surface area contributed by atoms with Crippen LogP contribution in [-0.2, 0) is 32.4 Å². The van der Waals surface area contributed by atoms with Crippen molar-refractivity contribution in [3.8, 4) is 0 Å². The number of hydrogen-bond donors (Lipinski definition) is 0. The normalized spacial score (nSPS) is 15.7. The van der Waals surface area contributed by atoms with E-state index in [0.29, 0.717) is 13.1 Å². The predicted octanol–water partition coefficient (Wildman–Crippen LogP) is 4.09. The molecule has 3 aromatic carbocycles. The van der Waals surface area contributed by atoms with E-state index in [1.54, 1.807) is 4.90 Å². The van der Waals surface area contributed by atoms with Crippen LogP contribution in [0.3, 0.4) is 0 Å². The molecule has 180 valence electrons. The molecule has 0 spiro atoms. The van der Waals surface area contributed by atoms with Crippen molar-refractivity contribution in [1.29, 1.82) is 0 Å². The monoisotopic (exact) mass is 490 g/mol. The van der Waals surface area contributed by atoms with Gasteiger partial charge in [-0.1, -0.05) is 36.4 Å². The Morgan fingerprint density at radius 1 is 0.771 bits per heavy atom. The van der Waals surface area contributed by atoms with Crippen molar-refractivity contribution in [3.63, 3.8) is 0 Å². The van der Waals surface area contributed by atoms with Gasteiger partial charge in [0.1, 0.15) is 0 Å². The van der Waals surface area contributed by atoms with E-state index in [1.807, 2.05) is 48.5 Å². The maximum absolute atomic E-state index is 13.3. The molecule has 0 aliphatic carbocycles. The molecule has 35 heavy (non-hydrogen) atoms. The quantitative estimate of drug-likeness (QED) is 0.503. The van der Waals surface area contributed by atoms with Gasteiger partial charge in [-0.3, -0.25) is 9.69 Å². The van der Waals surface area contributed by atoms with Gasteiger partial charge in [0, 0.05) is 13.1 Å². The maximum atomic E-state index is 13.3. The summed E-state index contributed by atoms with van der Waals surface area (Å²) >= 11 is 0. The van der Waals surface area contributed by atoms with E-state index in [9.17, 15) is 18.0 Å². The highest BCUT2D eigenvalue weighted by molar-refractivity contribution is 7.89. The molecule has 0 unspecified atom stereocenters. The minimum absolute atomic E-state index is 0.143. The Hall–Kier alpha value is -3.49. The van der Waals surface area contributed by atoms with Crippen LogP contribution in [0.15, 0.2) is 77.7 Å². The molecule has 5 rings (SSSR count). The number of aryl methyl sites for hydroxylation is 2. The van der Waals surface area contributed by atoms with Gasteiger partial charge in [-0.15, -0.1) is 0 Å². The van der Waals surface area contributed by atoms with Crippen molar-refractivity contribution in [3.05, 3.63) is 89.5 Å². The zero-order valence-corrected chi connectivity index (χ0v) is 20.0. The van der Waals surface area contributed by atoms with Crippen LogP contribution in [0.4, 0.5) is 11.4 Å². The van der Waals surface area contributed by atoms with Gasteiger partial charge in [-0.2, -0.15) is 4.31 Å². The van der Waals surface area contributed by atoms with Gasteiger partial charge >= 0.3 is 5.97 Å². The fourth-order valence-corrected chi connectivity index (χ4v) is 6.18. The number of sulfonamides is 1. The number of para-hydroxylation sites is 2. The van der Waals surface area contributed by atoms with Crippen LogP contribution in [0.25, 0.3) is 0 Å². The third-order valence-electron chi connectivity index (χ3n) is 6.50. The van der Waals surface area contributed by atoms with Crippen LogP contribution in [0.1, 0.15) is 34.3 Å². The second-order valence-electron chi connectivity index (χ2n) is 8.70. The van der Waals surface area contributed by atoms with Crippen molar-refractivity contribution in [2.75, 3.05) is 24.6 Å². The Morgan fingerprint density at radius 2 is 1.31 bits per heavy atom. The van der Waals surface area contributed by atoms with E-state index in [-0.39, 0.29) is 16.4 Å². The van der Waals surface area contributed by atoms with Crippen molar-refractivity contribution in [2.24, 2.45) is 0 Å². The third kappa shape index (κ3) is 4.59. The second kappa shape index (κ2) is 9.64. The molecule has 2 aliphatic heterocycles. The minimum atomic E-state index is -3.56. The first-order valence-corrected chi connectivity index (χ1v) is 13.2. The lowest BCUT2D eigenvalue weighted by Gasteiger charge is -2.24. The van der Waals surface area contributed by atoms with E-state index in [1.165, 1.54) is 28.6 Å². The summed E-state index contributed by atoms with van der Waals surface area (Å²) < 4.78 is 32.2. The van der Waals surface area contributed by atoms with E-state index in [2.05, 4.69) is 0 Å². The standard InChI is InChI=1S/C27H26N2O5S/c30-26(29-24-9-3-1-7-20(24)11-12-21-8-2-4-10-25(21)29)19-34-27(31)22-13-15-23(16-14-22)35(32,33)28-17-5-6-18-28/h1-4,7-10,13-16H,5-6,11-12,17-19H2. The maximum Gasteiger partial charge on any atom is 0.338 e. The Balaban J connectivity index is 1.31. The summed E-state index contributed by atoms with van der Waals surface area (Å²) in [4.78, 5) is 27.7. The second-order valence-corrected chi connectivity index (χ2v) is 10.6. The van der Waals surface area contributed by atoms with Crippen LogP contribution >= 0.6 is 0 Å². The van der Waals surface area contributed by atoms with Gasteiger partial charge in [0.2, 0.25) is 10.0 Å². The number of hydrogen-bond acceptors (Lipinski definition) is 5. The zero-order valence-electron chi connectivity index (χ0n) is 19.2. The Labute approximate surface area is 205 Å². The van der Waals surface area contributed by atoms with Gasteiger partial charge < -0.3 is 4.74 Å². The van der Waals surface area contributed by atoms with E-state index in [0.717, 1.165) is 48.2 Å². The van der Waals surface area contributed by atoms with Crippen molar-refractivity contribution in [2.45, 2.75) is 30.6 Å². The molecule has 0 atom stereocenters. The van der Waals surface area contributed by atoms with Crippen LogP contribution in [-0.4, -0.2) is 44.3 Å². The summed E-state index contributed by atoms with van der Waals surface area (Å²) in [5, 5.41) is 0. The van der Waals surface area contributed by atoms with E-state index < -0.39 is 22.6 Å². The largest absolute Gasteiger partial charge is 0.452 e. The van der Waals surface area contributed by atoms with Gasteiger partial charge in [-0.05, 0) is 73.2 Å². The summed E-state index contributed by atoms with van der Waals surface area (Å²) in [6, 6.07) is 21.1. The number of anilines is 2. The minimum Gasteiger partial charge on any atom is -0.452 e. The van der Waals surface area contributed by atoms with Gasteiger partial charge in [0.25, 0.3) is 5.91 Å².